The van der Waals surface area contributed by atoms with E-state index in [4.69, 9.17) is 0 Å². The minimum absolute atomic E-state index is 0.197. The van der Waals surface area contributed by atoms with Crippen LogP contribution in [-0.2, 0) is 5.41 Å². The van der Waals surface area contributed by atoms with Crippen LogP contribution < -0.4 is 5.32 Å². The molecule has 0 atom stereocenters. The summed E-state index contributed by atoms with van der Waals surface area (Å²) in [6, 6.07) is 31.1. The lowest BCUT2D eigenvalue weighted by molar-refractivity contribution is 0.550. The van der Waals surface area contributed by atoms with Crippen molar-refractivity contribution in [3.63, 3.8) is 0 Å². The van der Waals surface area contributed by atoms with Gasteiger partial charge in [-0.2, -0.15) is 0 Å². The molecule has 0 aliphatic heterocycles. The zero-order valence-electron chi connectivity index (χ0n) is 15.9. The van der Waals surface area contributed by atoms with E-state index in [9.17, 15) is 0 Å². The molecule has 0 bridgehead atoms. The van der Waals surface area contributed by atoms with Crippen LogP contribution >= 0.6 is 0 Å². The van der Waals surface area contributed by atoms with Crippen molar-refractivity contribution in [2.24, 2.45) is 0 Å². The summed E-state index contributed by atoms with van der Waals surface area (Å²) in [6.07, 6.45) is 5.17. The normalized spacial score (nSPS) is 16.3. The Balaban J connectivity index is 1.57. The molecule has 4 aromatic rings. The van der Waals surface area contributed by atoms with Crippen molar-refractivity contribution >= 4 is 22.1 Å². The van der Waals surface area contributed by atoms with E-state index in [0.717, 1.165) is 5.69 Å². The van der Waals surface area contributed by atoms with E-state index in [1.54, 1.807) is 5.56 Å². The summed E-state index contributed by atoms with van der Waals surface area (Å²) in [6.45, 7) is 0. The molecule has 1 heteroatoms. The fourth-order valence-corrected chi connectivity index (χ4v) is 5.55. The molecule has 0 radical (unpaired) electrons. The third-order valence-electron chi connectivity index (χ3n) is 6.77. The van der Waals surface area contributed by atoms with Crippen molar-refractivity contribution in [1.29, 1.82) is 0 Å². The van der Waals surface area contributed by atoms with Crippen molar-refractivity contribution in [2.75, 3.05) is 5.32 Å². The van der Waals surface area contributed by atoms with Gasteiger partial charge in [0.2, 0.25) is 0 Å². The van der Waals surface area contributed by atoms with Crippen molar-refractivity contribution < 1.29 is 0 Å². The summed E-state index contributed by atoms with van der Waals surface area (Å²) < 4.78 is 0. The van der Waals surface area contributed by atoms with Gasteiger partial charge in [0.15, 0.2) is 0 Å². The predicted molar refractivity (Wildman–Crippen MR) is 118 cm³/mol. The Bertz CT molecular complexity index is 1180. The zero-order chi connectivity index (χ0) is 18.6. The molecule has 136 valence electrons. The average molecular weight is 361 g/mol. The highest BCUT2D eigenvalue weighted by Gasteiger charge is 2.45. The molecule has 6 rings (SSSR count). The van der Waals surface area contributed by atoms with E-state index in [0.29, 0.717) is 0 Å². The van der Waals surface area contributed by atoms with E-state index in [1.807, 2.05) is 0 Å². The second-order valence-electron chi connectivity index (χ2n) is 8.25. The number of anilines is 2. The first-order valence-corrected chi connectivity index (χ1v) is 10.3. The van der Waals surface area contributed by atoms with Gasteiger partial charge in [0.05, 0.1) is 0 Å². The molecule has 4 aromatic carbocycles. The summed E-state index contributed by atoms with van der Waals surface area (Å²) in [5.41, 5.74) is 8.52. The standard InChI is InChI=1S/C27H23N/c1-2-9-20(10-3-1)28-21-13-14-23-25(18-21)27(16-6-7-17-27)24-15-12-19-8-4-5-11-22(19)26(23)24/h1-5,8-15,18,28H,6-7,16-17H2. The number of para-hydroxylation sites is 1. The quantitative estimate of drug-likeness (QED) is 0.391. The lowest BCUT2D eigenvalue weighted by Crippen LogP contribution is -2.20. The highest BCUT2D eigenvalue weighted by molar-refractivity contribution is 6.02. The fraction of sp³-hybridized carbons (Fsp3) is 0.185. The second kappa shape index (κ2) is 5.97. The predicted octanol–water partition coefficient (Wildman–Crippen LogP) is 7.42. The van der Waals surface area contributed by atoms with Gasteiger partial charge in [-0.15, -0.1) is 0 Å². The van der Waals surface area contributed by atoms with Gasteiger partial charge in [0.25, 0.3) is 0 Å². The highest BCUT2D eigenvalue weighted by atomic mass is 14.9. The van der Waals surface area contributed by atoms with Crippen molar-refractivity contribution in [3.8, 4) is 11.1 Å². The topological polar surface area (TPSA) is 12.0 Å². The number of hydrogen-bond acceptors (Lipinski definition) is 1. The first-order chi connectivity index (χ1) is 13.9. The van der Waals surface area contributed by atoms with Gasteiger partial charge in [-0.05, 0) is 70.1 Å². The molecule has 1 N–H and O–H groups in total. The van der Waals surface area contributed by atoms with Crippen LogP contribution in [0.5, 0.6) is 0 Å². The number of hydrogen-bond donors (Lipinski definition) is 1. The summed E-state index contributed by atoms with van der Waals surface area (Å²) in [7, 11) is 0. The van der Waals surface area contributed by atoms with Gasteiger partial charge in [0.1, 0.15) is 0 Å². The summed E-state index contributed by atoms with van der Waals surface area (Å²) in [5.74, 6) is 0. The average Bonchev–Trinajstić information content (AvgIpc) is 3.34. The monoisotopic (exact) mass is 361 g/mol. The molecule has 0 aromatic heterocycles. The molecule has 0 unspecified atom stereocenters. The number of rotatable bonds is 2. The van der Waals surface area contributed by atoms with Gasteiger partial charge >= 0.3 is 0 Å². The van der Waals surface area contributed by atoms with E-state index < -0.39 is 0 Å². The summed E-state index contributed by atoms with van der Waals surface area (Å²) >= 11 is 0. The lowest BCUT2D eigenvalue weighted by Gasteiger charge is -2.27. The number of fused-ring (bicyclic) bond motifs is 7. The SMILES string of the molecule is c1ccc(Nc2ccc3c(c2)C2(CCCC2)c2ccc4ccccc4c2-3)cc1. The number of benzene rings is 4. The van der Waals surface area contributed by atoms with Crippen LogP contribution in [0.2, 0.25) is 0 Å². The molecule has 28 heavy (non-hydrogen) atoms. The van der Waals surface area contributed by atoms with Crippen molar-refractivity contribution in [2.45, 2.75) is 31.1 Å². The highest BCUT2D eigenvalue weighted by Crippen LogP contribution is 2.58. The van der Waals surface area contributed by atoms with Crippen LogP contribution in [0.15, 0.2) is 84.9 Å². The molecular formula is C27H23N. The molecular weight excluding hydrogens is 338 g/mol. The van der Waals surface area contributed by atoms with Gasteiger partial charge in [-0.3, -0.25) is 0 Å². The van der Waals surface area contributed by atoms with E-state index in [2.05, 4.69) is 90.2 Å². The first-order valence-electron chi connectivity index (χ1n) is 10.3. The Morgan fingerprint density at radius 1 is 0.643 bits per heavy atom. The maximum atomic E-state index is 3.60. The largest absolute Gasteiger partial charge is 0.356 e. The fourth-order valence-electron chi connectivity index (χ4n) is 5.55. The lowest BCUT2D eigenvalue weighted by atomic mass is 9.76. The summed E-state index contributed by atoms with van der Waals surface area (Å²) in [4.78, 5) is 0. The Hall–Kier alpha value is -3.06. The maximum absolute atomic E-state index is 3.60. The molecule has 1 fully saturated rings. The van der Waals surface area contributed by atoms with Crippen molar-refractivity contribution in [3.05, 3.63) is 96.1 Å². The third-order valence-corrected chi connectivity index (χ3v) is 6.77. The van der Waals surface area contributed by atoms with Gasteiger partial charge in [-0.25, -0.2) is 0 Å². The minimum atomic E-state index is 0.197. The first kappa shape index (κ1) is 15.9. The van der Waals surface area contributed by atoms with E-state index in [1.165, 1.54) is 58.8 Å². The van der Waals surface area contributed by atoms with Crippen molar-refractivity contribution in [1.82, 2.24) is 0 Å². The van der Waals surface area contributed by atoms with E-state index >= 15 is 0 Å². The Labute approximate surface area is 166 Å². The second-order valence-corrected chi connectivity index (χ2v) is 8.25. The third kappa shape index (κ3) is 2.19. The molecule has 1 nitrogen and oxygen atoms in total. The van der Waals surface area contributed by atoms with Crippen LogP contribution in [0.3, 0.4) is 0 Å². The zero-order valence-corrected chi connectivity index (χ0v) is 15.9. The van der Waals surface area contributed by atoms with Crippen LogP contribution in [0.25, 0.3) is 21.9 Å². The van der Waals surface area contributed by atoms with E-state index in [-0.39, 0.29) is 5.41 Å². The minimum Gasteiger partial charge on any atom is -0.356 e. The Kier molecular flexibility index (Phi) is 3.40. The van der Waals surface area contributed by atoms with Crippen LogP contribution in [0.4, 0.5) is 11.4 Å². The van der Waals surface area contributed by atoms with Gasteiger partial charge < -0.3 is 5.32 Å². The smallest absolute Gasteiger partial charge is 0.0387 e. The molecule has 2 aliphatic rings. The molecule has 0 heterocycles. The Morgan fingerprint density at radius 3 is 2.29 bits per heavy atom. The van der Waals surface area contributed by atoms with Crippen LogP contribution in [0.1, 0.15) is 36.8 Å². The molecule has 1 saturated carbocycles. The number of nitrogens with one attached hydrogen (secondary N) is 1. The van der Waals surface area contributed by atoms with Gasteiger partial charge in [0, 0.05) is 16.8 Å². The molecule has 1 spiro atoms. The summed E-state index contributed by atoms with van der Waals surface area (Å²) in [5, 5.41) is 6.34. The molecule has 0 amide bonds. The van der Waals surface area contributed by atoms with Crippen LogP contribution in [-0.4, -0.2) is 0 Å². The van der Waals surface area contributed by atoms with Crippen LogP contribution in [0, 0.1) is 0 Å². The molecule has 0 saturated heterocycles. The Morgan fingerprint density at radius 2 is 1.43 bits per heavy atom. The molecule has 2 aliphatic carbocycles. The van der Waals surface area contributed by atoms with Gasteiger partial charge in [-0.1, -0.05) is 73.5 Å². The maximum Gasteiger partial charge on any atom is 0.0387 e.